The SMILES string of the molecule is CCC(CC)N(CC(C)C)S(=O)(=O)CCNC(C)C. The van der Waals surface area contributed by atoms with E-state index in [1.807, 2.05) is 13.8 Å². The third kappa shape index (κ3) is 7.28. The van der Waals surface area contributed by atoms with E-state index < -0.39 is 10.0 Å². The van der Waals surface area contributed by atoms with Gasteiger partial charge in [0.1, 0.15) is 0 Å². The summed E-state index contributed by atoms with van der Waals surface area (Å²) in [6.07, 6.45) is 1.75. The Morgan fingerprint density at radius 3 is 1.95 bits per heavy atom. The Morgan fingerprint density at radius 1 is 1.05 bits per heavy atom. The van der Waals surface area contributed by atoms with Crippen LogP contribution in [0.3, 0.4) is 0 Å². The largest absolute Gasteiger partial charge is 0.313 e. The maximum atomic E-state index is 12.5. The van der Waals surface area contributed by atoms with Crippen LogP contribution in [-0.4, -0.2) is 43.6 Å². The van der Waals surface area contributed by atoms with Gasteiger partial charge in [0.15, 0.2) is 0 Å². The molecule has 4 nitrogen and oxygen atoms in total. The van der Waals surface area contributed by atoms with Gasteiger partial charge in [-0.05, 0) is 18.8 Å². The predicted octanol–water partition coefficient (Wildman–Crippen LogP) is 2.46. The van der Waals surface area contributed by atoms with E-state index in [9.17, 15) is 8.42 Å². The van der Waals surface area contributed by atoms with Gasteiger partial charge < -0.3 is 5.32 Å². The molecule has 0 atom stereocenters. The van der Waals surface area contributed by atoms with Crippen LogP contribution in [0.25, 0.3) is 0 Å². The minimum Gasteiger partial charge on any atom is -0.313 e. The van der Waals surface area contributed by atoms with Crippen LogP contribution in [0.4, 0.5) is 0 Å². The summed E-state index contributed by atoms with van der Waals surface area (Å²) in [7, 11) is -3.17. The summed E-state index contributed by atoms with van der Waals surface area (Å²) in [5.74, 6) is 0.544. The van der Waals surface area contributed by atoms with Gasteiger partial charge in [0.05, 0.1) is 5.75 Å². The monoisotopic (exact) mass is 292 g/mol. The molecular formula is C14H32N2O2S. The molecule has 0 aromatic carbocycles. The molecule has 0 aliphatic carbocycles. The van der Waals surface area contributed by atoms with E-state index in [-0.39, 0.29) is 11.8 Å². The quantitative estimate of drug-likeness (QED) is 0.673. The van der Waals surface area contributed by atoms with Gasteiger partial charge in [0.25, 0.3) is 0 Å². The van der Waals surface area contributed by atoms with E-state index in [4.69, 9.17) is 0 Å². The second-order valence-corrected chi connectivity index (χ2v) is 7.90. The fourth-order valence-electron chi connectivity index (χ4n) is 2.14. The number of hydrogen-bond donors (Lipinski definition) is 1. The normalized spacial score (nSPS) is 13.2. The van der Waals surface area contributed by atoms with Crippen molar-refractivity contribution in [3.05, 3.63) is 0 Å². The van der Waals surface area contributed by atoms with Crippen molar-refractivity contribution in [2.75, 3.05) is 18.8 Å². The van der Waals surface area contributed by atoms with Gasteiger partial charge in [-0.2, -0.15) is 4.31 Å². The van der Waals surface area contributed by atoms with Gasteiger partial charge in [-0.1, -0.05) is 41.5 Å². The fourth-order valence-corrected chi connectivity index (χ4v) is 4.03. The molecular weight excluding hydrogens is 260 g/mol. The van der Waals surface area contributed by atoms with Crippen molar-refractivity contribution in [3.63, 3.8) is 0 Å². The summed E-state index contributed by atoms with van der Waals surface area (Å²) in [5, 5.41) is 3.18. The highest BCUT2D eigenvalue weighted by molar-refractivity contribution is 7.89. The van der Waals surface area contributed by atoms with Crippen molar-refractivity contribution in [2.45, 2.75) is 66.5 Å². The van der Waals surface area contributed by atoms with Crippen LogP contribution in [0.2, 0.25) is 0 Å². The van der Waals surface area contributed by atoms with Gasteiger partial charge in [-0.15, -0.1) is 0 Å². The van der Waals surface area contributed by atoms with Crippen molar-refractivity contribution in [1.82, 2.24) is 9.62 Å². The number of nitrogens with zero attached hydrogens (tertiary/aromatic N) is 1. The summed E-state index contributed by atoms with van der Waals surface area (Å²) < 4.78 is 26.7. The molecule has 19 heavy (non-hydrogen) atoms. The molecule has 0 fully saturated rings. The second-order valence-electron chi connectivity index (χ2n) is 5.86. The zero-order chi connectivity index (χ0) is 15.1. The smallest absolute Gasteiger partial charge is 0.215 e. The molecule has 5 heteroatoms. The van der Waals surface area contributed by atoms with Crippen molar-refractivity contribution in [3.8, 4) is 0 Å². The van der Waals surface area contributed by atoms with E-state index >= 15 is 0 Å². The van der Waals surface area contributed by atoms with Crippen LogP contribution in [0.5, 0.6) is 0 Å². The first-order valence-corrected chi connectivity index (χ1v) is 9.08. The van der Waals surface area contributed by atoms with Crippen LogP contribution in [0, 0.1) is 5.92 Å². The third-order valence-electron chi connectivity index (χ3n) is 3.16. The van der Waals surface area contributed by atoms with E-state index in [1.165, 1.54) is 0 Å². The summed E-state index contributed by atoms with van der Waals surface area (Å²) in [4.78, 5) is 0. The summed E-state index contributed by atoms with van der Waals surface area (Å²) in [6.45, 7) is 13.4. The maximum Gasteiger partial charge on any atom is 0.215 e. The highest BCUT2D eigenvalue weighted by Gasteiger charge is 2.28. The molecule has 0 bridgehead atoms. The number of hydrogen-bond acceptors (Lipinski definition) is 3. The lowest BCUT2D eigenvalue weighted by atomic mass is 10.1. The van der Waals surface area contributed by atoms with E-state index in [0.717, 1.165) is 12.8 Å². The Morgan fingerprint density at radius 2 is 1.58 bits per heavy atom. The van der Waals surface area contributed by atoms with Crippen LogP contribution in [-0.2, 0) is 10.0 Å². The van der Waals surface area contributed by atoms with E-state index in [2.05, 4.69) is 33.0 Å². The molecule has 0 amide bonds. The number of rotatable bonds is 10. The van der Waals surface area contributed by atoms with Gasteiger partial charge in [-0.3, -0.25) is 0 Å². The van der Waals surface area contributed by atoms with E-state index in [0.29, 0.717) is 25.0 Å². The third-order valence-corrected chi connectivity index (χ3v) is 5.05. The lowest BCUT2D eigenvalue weighted by Gasteiger charge is -2.31. The zero-order valence-electron chi connectivity index (χ0n) is 13.4. The van der Waals surface area contributed by atoms with Crippen LogP contribution in [0.15, 0.2) is 0 Å². The molecule has 0 heterocycles. The topological polar surface area (TPSA) is 49.4 Å². The Hall–Kier alpha value is -0.130. The Labute approximate surface area is 120 Å². The van der Waals surface area contributed by atoms with Crippen molar-refractivity contribution >= 4 is 10.0 Å². The second kappa shape index (κ2) is 8.93. The molecule has 0 aromatic heterocycles. The van der Waals surface area contributed by atoms with Crippen molar-refractivity contribution in [2.24, 2.45) is 5.92 Å². The highest BCUT2D eigenvalue weighted by atomic mass is 32.2. The van der Waals surface area contributed by atoms with Crippen molar-refractivity contribution in [1.29, 1.82) is 0 Å². The van der Waals surface area contributed by atoms with Gasteiger partial charge in [-0.25, -0.2) is 8.42 Å². The molecule has 116 valence electrons. The van der Waals surface area contributed by atoms with Crippen molar-refractivity contribution < 1.29 is 8.42 Å². The lowest BCUT2D eigenvalue weighted by Crippen LogP contribution is -2.45. The van der Waals surface area contributed by atoms with Crippen LogP contribution >= 0.6 is 0 Å². The molecule has 0 rings (SSSR count). The van der Waals surface area contributed by atoms with Gasteiger partial charge in [0, 0.05) is 25.2 Å². The Balaban J connectivity index is 4.80. The zero-order valence-corrected chi connectivity index (χ0v) is 14.3. The molecule has 0 aliphatic rings. The minimum atomic E-state index is -3.17. The molecule has 0 aromatic rings. The lowest BCUT2D eigenvalue weighted by molar-refractivity contribution is 0.276. The Bertz CT molecular complexity index is 322. The summed E-state index contributed by atoms with van der Waals surface area (Å²) in [5.41, 5.74) is 0. The first-order valence-electron chi connectivity index (χ1n) is 7.47. The van der Waals surface area contributed by atoms with Crippen LogP contribution in [0.1, 0.15) is 54.4 Å². The summed E-state index contributed by atoms with van der Waals surface area (Å²) >= 11 is 0. The fraction of sp³-hybridized carbons (Fsp3) is 1.00. The first-order chi connectivity index (χ1) is 8.74. The molecule has 0 saturated heterocycles. The first kappa shape index (κ1) is 18.9. The molecule has 0 spiro atoms. The molecule has 0 saturated carbocycles. The minimum absolute atomic E-state index is 0.131. The standard InChI is InChI=1S/C14H32N2O2S/c1-7-14(8-2)16(11-12(3)4)19(17,18)10-9-15-13(5)6/h12-15H,7-11H2,1-6H3. The van der Waals surface area contributed by atoms with Gasteiger partial charge >= 0.3 is 0 Å². The average molecular weight is 292 g/mol. The Kier molecular flexibility index (Phi) is 8.86. The predicted molar refractivity (Wildman–Crippen MR) is 82.8 cm³/mol. The number of nitrogens with one attached hydrogen (secondary N) is 1. The van der Waals surface area contributed by atoms with Gasteiger partial charge in [0.2, 0.25) is 10.0 Å². The van der Waals surface area contributed by atoms with E-state index in [1.54, 1.807) is 4.31 Å². The van der Waals surface area contributed by atoms with Crippen LogP contribution < -0.4 is 5.32 Å². The number of sulfonamides is 1. The molecule has 1 N–H and O–H groups in total. The molecule has 0 aliphatic heterocycles. The average Bonchev–Trinajstić information content (AvgIpc) is 2.28. The summed E-state index contributed by atoms with van der Waals surface area (Å²) in [6, 6.07) is 0.452. The molecule has 0 unspecified atom stereocenters. The maximum absolute atomic E-state index is 12.5. The highest BCUT2D eigenvalue weighted by Crippen LogP contribution is 2.16. The molecule has 0 radical (unpaired) electrons.